The molecule has 0 aromatic rings. The minimum absolute atomic E-state index is 0.0451. The van der Waals surface area contributed by atoms with Gasteiger partial charge < -0.3 is 15.7 Å². The number of carboxylic acids is 1. The molecule has 0 aliphatic carbocycles. The van der Waals surface area contributed by atoms with E-state index in [1.54, 1.807) is 6.92 Å². The normalized spacial score (nSPS) is 24.6. The lowest BCUT2D eigenvalue weighted by atomic mass is 10.1. The highest BCUT2D eigenvalue weighted by atomic mass is 32.2. The van der Waals surface area contributed by atoms with Crippen LogP contribution in [0.15, 0.2) is 0 Å². The van der Waals surface area contributed by atoms with E-state index >= 15 is 0 Å². The number of carbonyl (C=O) groups excluding carboxylic acids is 1. The maximum Gasteiger partial charge on any atom is 0.305 e. The number of sulfone groups is 1. The lowest BCUT2D eigenvalue weighted by molar-refractivity contribution is -0.141. The molecule has 7 nitrogen and oxygen atoms in total. The Bertz CT molecular complexity index is 434. The molecule has 0 aromatic carbocycles. The Labute approximate surface area is 106 Å². The second-order valence-electron chi connectivity index (χ2n) is 4.53. The monoisotopic (exact) mass is 278 g/mol. The van der Waals surface area contributed by atoms with Gasteiger partial charge in [-0.3, -0.25) is 9.59 Å². The summed E-state index contributed by atoms with van der Waals surface area (Å²) in [7, 11) is -3.26. The number of hydrogen-bond acceptors (Lipinski definition) is 5. The van der Waals surface area contributed by atoms with Crippen molar-refractivity contribution in [2.45, 2.75) is 19.4 Å². The Morgan fingerprint density at radius 3 is 2.61 bits per heavy atom. The first kappa shape index (κ1) is 14.9. The molecular weight excluding hydrogens is 260 g/mol. The second kappa shape index (κ2) is 5.66. The molecule has 1 aliphatic heterocycles. The van der Waals surface area contributed by atoms with E-state index in [-0.39, 0.29) is 36.9 Å². The quantitative estimate of drug-likeness (QED) is 0.658. The fraction of sp³-hybridized carbons (Fsp3) is 0.800. The highest BCUT2D eigenvalue weighted by molar-refractivity contribution is 7.91. The predicted octanol–water partition coefficient (Wildman–Crippen LogP) is -1.32. The lowest BCUT2D eigenvalue weighted by Crippen LogP contribution is -2.54. The van der Waals surface area contributed by atoms with Gasteiger partial charge in [0.25, 0.3) is 0 Å². The van der Waals surface area contributed by atoms with Crippen LogP contribution >= 0.6 is 0 Å². The van der Waals surface area contributed by atoms with Crippen molar-refractivity contribution in [3.63, 3.8) is 0 Å². The third-order valence-electron chi connectivity index (χ3n) is 3.00. The van der Waals surface area contributed by atoms with Gasteiger partial charge >= 0.3 is 5.97 Å². The first-order valence-electron chi connectivity index (χ1n) is 5.69. The highest BCUT2D eigenvalue weighted by Gasteiger charge is 2.36. The molecule has 1 aliphatic rings. The molecular formula is C10H18N2O5S. The molecule has 0 bridgehead atoms. The summed E-state index contributed by atoms with van der Waals surface area (Å²) < 4.78 is 23.0. The van der Waals surface area contributed by atoms with Crippen LogP contribution < -0.4 is 5.73 Å². The van der Waals surface area contributed by atoms with Gasteiger partial charge in [-0.1, -0.05) is 6.92 Å². The van der Waals surface area contributed by atoms with Crippen molar-refractivity contribution >= 4 is 21.7 Å². The summed E-state index contributed by atoms with van der Waals surface area (Å²) in [5, 5.41) is 8.77. The molecule has 0 saturated carbocycles. The molecule has 104 valence electrons. The molecule has 3 N–H and O–H groups in total. The van der Waals surface area contributed by atoms with Crippen molar-refractivity contribution in [1.29, 1.82) is 0 Å². The molecule has 0 radical (unpaired) electrons. The van der Waals surface area contributed by atoms with Crippen molar-refractivity contribution in [3.05, 3.63) is 0 Å². The second-order valence-corrected chi connectivity index (χ2v) is 6.76. The number of amides is 1. The lowest BCUT2D eigenvalue weighted by Gasteiger charge is -2.36. The zero-order valence-electron chi connectivity index (χ0n) is 10.2. The van der Waals surface area contributed by atoms with Gasteiger partial charge in [-0.2, -0.15) is 0 Å². The summed E-state index contributed by atoms with van der Waals surface area (Å²) in [5.41, 5.74) is 5.40. The SMILES string of the molecule is CC(CN)C(=O)N1CCS(=O)(=O)CC1CC(=O)O. The molecule has 1 fully saturated rings. The molecule has 1 amide bonds. The van der Waals surface area contributed by atoms with Gasteiger partial charge in [0.1, 0.15) is 0 Å². The van der Waals surface area contributed by atoms with E-state index in [9.17, 15) is 18.0 Å². The van der Waals surface area contributed by atoms with Crippen LogP contribution in [-0.2, 0) is 19.4 Å². The van der Waals surface area contributed by atoms with Gasteiger partial charge in [-0.25, -0.2) is 8.42 Å². The molecule has 2 unspecified atom stereocenters. The van der Waals surface area contributed by atoms with Crippen molar-refractivity contribution in [3.8, 4) is 0 Å². The Hall–Kier alpha value is -1.15. The number of carbonyl (C=O) groups is 2. The Kier molecular flexibility index (Phi) is 4.69. The number of hydrogen-bond donors (Lipinski definition) is 2. The summed E-state index contributed by atoms with van der Waals surface area (Å²) in [6.07, 6.45) is -0.359. The Balaban J connectivity index is 2.88. The minimum Gasteiger partial charge on any atom is -0.481 e. The number of carboxylic acid groups (broad SMARTS) is 1. The third kappa shape index (κ3) is 3.67. The van der Waals surface area contributed by atoms with Crippen LogP contribution in [0.2, 0.25) is 0 Å². The van der Waals surface area contributed by atoms with Gasteiger partial charge in [0, 0.05) is 19.0 Å². The van der Waals surface area contributed by atoms with E-state index in [0.717, 1.165) is 0 Å². The predicted molar refractivity (Wildman–Crippen MR) is 64.6 cm³/mol. The minimum atomic E-state index is -3.26. The Morgan fingerprint density at radius 1 is 1.50 bits per heavy atom. The van der Waals surface area contributed by atoms with E-state index in [1.165, 1.54) is 4.90 Å². The molecule has 0 spiro atoms. The summed E-state index contributed by atoms with van der Waals surface area (Å²) in [6, 6.07) is -0.789. The van der Waals surface area contributed by atoms with Crippen LogP contribution in [0.1, 0.15) is 13.3 Å². The molecule has 8 heteroatoms. The summed E-state index contributed by atoms with van der Waals surface area (Å²) in [5.74, 6) is -2.23. The topological polar surface area (TPSA) is 118 Å². The van der Waals surface area contributed by atoms with Crippen LogP contribution in [0, 0.1) is 5.92 Å². The maximum absolute atomic E-state index is 12.0. The van der Waals surface area contributed by atoms with Gasteiger partial charge in [0.05, 0.1) is 24.0 Å². The van der Waals surface area contributed by atoms with E-state index in [1.807, 2.05) is 0 Å². The van der Waals surface area contributed by atoms with E-state index in [0.29, 0.717) is 0 Å². The zero-order chi connectivity index (χ0) is 13.9. The van der Waals surface area contributed by atoms with Crippen molar-refractivity contribution in [2.24, 2.45) is 11.7 Å². The first-order valence-corrected chi connectivity index (χ1v) is 7.51. The van der Waals surface area contributed by atoms with Gasteiger partial charge in [0.2, 0.25) is 5.91 Å². The van der Waals surface area contributed by atoms with Crippen molar-refractivity contribution < 1.29 is 23.1 Å². The van der Waals surface area contributed by atoms with Crippen LogP contribution in [-0.4, -0.2) is 60.9 Å². The maximum atomic E-state index is 12.0. The molecule has 18 heavy (non-hydrogen) atoms. The van der Waals surface area contributed by atoms with Crippen LogP contribution in [0.5, 0.6) is 0 Å². The Morgan fingerprint density at radius 2 is 2.11 bits per heavy atom. The third-order valence-corrected chi connectivity index (χ3v) is 4.70. The van der Waals surface area contributed by atoms with Crippen LogP contribution in [0.4, 0.5) is 0 Å². The van der Waals surface area contributed by atoms with Gasteiger partial charge in [-0.05, 0) is 0 Å². The largest absolute Gasteiger partial charge is 0.481 e. The number of aliphatic carboxylic acids is 1. The number of nitrogens with zero attached hydrogens (tertiary/aromatic N) is 1. The summed E-state index contributed by atoms with van der Waals surface area (Å²) >= 11 is 0. The van der Waals surface area contributed by atoms with E-state index in [4.69, 9.17) is 10.8 Å². The highest BCUT2D eigenvalue weighted by Crippen LogP contribution is 2.17. The molecule has 0 aromatic heterocycles. The van der Waals surface area contributed by atoms with E-state index in [2.05, 4.69) is 0 Å². The average Bonchev–Trinajstić information content (AvgIpc) is 2.25. The number of nitrogens with two attached hydrogens (primary N) is 1. The van der Waals surface area contributed by atoms with Crippen molar-refractivity contribution in [2.75, 3.05) is 24.6 Å². The smallest absolute Gasteiger partial charge is 0.305 e. The van der Waals surface area contributed by atoms with Crippen LogP contribution in [0.25, 0.3) is 0 Å². The standard InChI is InChI=1S/C10H18N2O5S/c1-7(5-11)10(15)12-2-3-18(16,17)6-8(12)4-9(13)14/h7-8H,2-6,11H2,1H3,(H,13,14). The average molecular weight is 278 g/mol. The van der Waals surface area contributed by atoms with Crippen molar-refractivity contribution in [1.82, 2.24) is 4.90 Å². The fourth-order valence-corrected chi connectivity index (χ4v) is 3.46. The van der Waals surface area contributed by atoms with Crippen LogP contribution in [0.3, 0.4) is 0 Å². The molecule has 1 heterocycles. The molecule has 1 rings (SSSR count). The first-order chi connectivity index (χ1) is 8.26. The number of rotatable bonds is 4. The van der Waals surface area contributed by atoms with Gasteiger partial charge in [-0.15, -0.1) is 0 Å². The molecule has 2 atom stereocenters. The van der Waals surface area contributed by atoms with E-state index < -0.39 is 27.8 Å². The fourth-order valence-electron chi connectivity index (χ4n) is 1.93. The molecule has 1 saturated heterocycles. The summed E-state index contributed by atoms with van der Waals surface area (Å²) in [6.45, 7) is 1.84. The summed E-state index contributed by atoms with van der Waals surface area (Å²) in [4.78, 5) is 24.1. The zero-order valence-corrected chi connectivity index (χ0v) is 11.0. The van der Waals surface area contributed by atoms with Gasteiger partial charge in [0.15, 0.2) is 9.84 Å².